The Labute approximate surface area is 122 Å². The maximum absolute atomic E-state index is 12.3. The standard InChI is InChI=1S/C14H18N2O5/c1-16(9-14(20)3-6-21-7-4-14)12(17)10-2-5-15-11(8-10)13(18)19/h2,5,8,20H,3-4,6-7,9H2,1H3,(H,18,19). The van der Waals surface area contributed by atoms with Gasteiger partial charge in [-0.15, -0.1) is 0 Å². The van der Waals surface area contributed by atoms with E-state index in [0.717, 1.165) is 0 Å². The van der Waals surface area contributed by atoms with E-state index in [0.29, 0.717) is 26.1 Å². The lowest BCUT2D eigenvalue weighted by atomic mass is 9.94. The van der Waals surface area contributed by atoms with Gasteiger partial charge in [-0.1, -0.05) is 0 Å². The molecule has 2 N–H and O–H groups in total. The molecule has 1 saturated heterocycles. The zero-order valence-corrected chi connectivity index (χ0v) is 11.8. The van der Waals surface area contributed by atoms with Gasteiger partial charge in [0.1, 0.15) is 5.69 Å². The summed E-state index contributed by atoms with van der Waals surface area (Å²) in [5.74, 6) is -1.53. The Hall–Kier alpha value is -1.99. The second-order valence-electron chi connectivity index (χ2n) is 5.23. The molecule has 0 aliphatic carbocycles. The van der Waals surface area contributed by atoms with E-state index in [1.165, 1.54) is 23.2 Å². The van der Waals surface area contributed by atoms with Gasteiger partial charge >= 0.3 is 5.97 Å². The second-order valence-corrected chi connectivity index (χ2v) is 5.23. The number of likely N-dealkylation sites (N-methyl/N-ethyl adjacent to an activating group) is 1. The molecule has 1 aliphatic heterocycles. The average Bonchev–Trinajstić information content (AvgIpc) is 2.46. The first-order chi connectivity index (χ1) is 9.91. The van der Waals surface area contributed by atoms with Crippen molar-refractivity contribution in [1.29, 1.82) is 0 Å². The van der Waals surface area contributed by atoms with E-state index in [2.05, 4.69) is 4.98 Å². The molecule has 0 unspecified atom stereocenters. The Bertz CT molecular complexity index is 540. The summed E-state index contributed by atoms with van der Waals surface area (Å²) in [6.07, 6.45) is 2.23. The zero-order chi connectivity index (χ0) is 15.5. The van der Waals surface area contributed by atoms with Crippen LogP contribution in [0.3, 0.4) is 0 Å². The van der Waals surface area contributed by atoms with E-state index in [1.807, 2.05) is 0 Å². The van der Waals surface area contributed by atoms with Gasteiger partial charge in [-0.05, 0) is 12.1 Å². The number of carboxylic acid groups (broad SMARTS) is 1. The summed E-state index contributed by atoms with van der Waals surface area (Å²) in [6, 6.07) is 2.69. The van der Waals surface area contributed by atoms with Crippen molar-refractivity contribution in [3.05, 3.63) is 29.6 Å². The molecular formula is C14H18N2O5. The molecule has 21 heavy (non-hydrogen) atoms. The van der Waals surface area contributed by atoms with Crippen molar-refractivity contribution in [2.75, 3.05) is 26.8 Å². The molecule has 0 spiro atoms. The Morgan fingerprint density at radius 2 is 2.10 bits per heavy atom. The highest BCUT2D eigenvalue weighted by molar-refractivity contribution is 5.96. The molecule has 1 amide bonds. The van der Waals surface area contributed by atoms with Crippen LogP contribution in [0.15, 0.2) is 18.3 Å². The monoisotopic (exact) mass is 294 g/mol. The minimum absolute atomic E-state index is 0.180. The number of carbonyl (C=O) groups excluding carboxylic acids is 1. The lowest BCUT2D eigenvalue weighted by molar-refractivity contribution is -0.0734. The number of aromatic nitrogens is 1. The Balaban J connectivity index is 2.08. The Kier molecular flexibility index (Phi) is 4.54. The lowest BCUT2D eigenvalue weighted by Gasteiger charge is -2.35. The van der Waals surface area contributed by atoms with Crippen LogP contribution < -0.4 is 0 Å². The van der Waals surface area contributed by atoms with Crippen molar-refractivity contribution >= 4 is 11.9 Å². The van der Waals surface area contributed by atoms with E-state index >= 15 is 0 Å². The molecule has 0 aromatic carbocycles. The molecule has 114 valence electrons. The molecule has 1 aromatic rings. The molecule has 2 rings (SSSR count). The molecule has 0 bridgehead atoms. The van der Waals surface area contributed by atoms with Gasteiger partial charge in [0, 0.05) is 51.4 Å². The largest absolute Gasteiger partial charge is 0.477 e. The summed E-state index contributed by atoms with van der Waals surface area (Å²) < 4.78 is 5.20. The number of hydrogen-bond donors (Lipinski definition) is 2. The Morgan fingerprint density at radius 3 is 2.71 bits per heavy atom. The van der Waals surface area contributed by atoms with Crippen LogP contribution in [0.25, 0.3) is 0 Å². The van der Waals surface area contributed by atoms with Crippen molar-refractivity contribution in [3.8, 4) is 0 Å². The first kappa shape index (κ1) is 15.4. The smallest absolute Gasteiger partial charge is 0.354 e. The number of carbonyl (C=O) groups is 2. The van der Waals surface area contributed by atoms with E-state index < -0.39 is 11.6 Å². The number of aliphatic hydroxyl groups is 1. The molecule has 0 atom stereocenters. The fraction of sp³-hybridized carbons (Fsp3) is 0.500. The van der Waals surface area contributed by atoms with Crippen molar-refractivity contribution < 1.29 is 24.5 Å². The highest BCUT2D eigenvalue weighted by atomic mass is 16.5. The first-order valence-electron chi connectivity index (χ1n) is 6.66. The average molecular weight is 294 g/mol. The van der Waals surface area contributed by atoms with Crippen LogP contribution in [0, 0.1) is 0 Å². The van der Waals surface area contributed by atoms with Crippen LogP contribution in [-0.4, -0.2) is 64.4 Å². The van der Waals surface area contributed by atoms with Gasteiger partial charge in [0.05, 0.1) is 5.60 Å². The van der Waals surface area contributed by atoms with Gasteiger partial charge < -0.3 is 19.8 Å². The van der Waals surface area contributed by atoms with Crippen LogP contribution in [0.1, 0.15) is 33.7 Å². The number of hydrogen-bond acceptors (Lipinski definition) is 5. The normalized spacial score (nSPS) is 17.2. The van der Waals surface area contributed by atoms with Crippen molar-refractivity contribution in [2.45, 2.75) is 18.4 Å². The third-order valence-corrected chi connectivity index (χ3v) is 3.53. The molecule has 1 aromatic heterocycles. The number of ether oxygens (including phenoxy) is 1. The van der Waals surface area contributed by atoms with E-state index in [4.69, 9.17) is 9.84 Å². The maximum atomic E-state index is 12.3. The van der Waals surface area contributed by atoms with Gasteiger partial charge in [0.2, 0.25) is 0 Å². The summed E-state index contributed by atoms with van der Waals surface area (Å²) in [4.78, 5) is 28.2. The van der Waals surface area contributed by atoms with Gasteiger partial charge in [-0.25, -0.2) is 9.78 Å². The molecule has 0 radical (unpaired) electrons. The zero-order valence-electron chi connectivity index (χ0n) is 11.8. The topological polar surface area (TPSA) is 100.0 Å². The summed E-state index contributed by atoms with van der Waals surface area (Å²) in [5.41, 5.74) is -0.898. The number of carboxylic acids is 1. The molecule has 7 heteroatoms. The summed E-state index contributed by atoms with van der Waals surface area (Å²) in [7, 11) is 1.58. The van der Waals surface area contributed by atoms with E-state index in [9.17, 15) is 14.7 Å². The molecule has 0 saturated carbocycles. The highest BCUT2D eigenvalue weighted by Gasteiger charge is 2.32. The fourth-order valence-corrected chi connectivity index (χ4v) is 2.32. The minimum Gasteiger partial charge on any atom is -0.477 e. The summed E-state index contributed by atoms with van der Waals surface area (Å²) in [5, 5.41) is 19.3. The van der Waals surface area contributed by atoms with Crippen molar-refractivity contribution in [2.24, 2.45) is 0 Å². The number of rotatable bonds is 4. The predicted molar refractivity (Wildman–Crippen MR) is 73.2 cm³/mol. The van der Waals surface area contributed by atoms with Crippen molar-refractivity contribution in [1.82, 2.24) is 9.88 Å². The predicted octanol–water partition coefficient (Wildman–Crippen LogP) is 0.393. The van der Waals surface area contributed by atoms with E-state index in [-0.39, 0.29) is 23.7 Å². The molecule has 1 fully saturated rings. The van der Waals surface area contributed by atoms with Gasteiger partial charge in [-0.3, -0.25) is 4.79 Å². The van der Waals surface area contributed by atoms with Crippen LogP contribution >= 0.6 is 0 Å². The molecule has 2 heterocycles. The van der Waals surface area contributed by atoms with Gasteiger partial charge in [0.25, 0.3) is 5.91 Å². The number of pyridine rings is 1. The third kappa shape index (κ3) is 3.77. The minimum atomic E-state index is -1.18. The van der Waals surface area contributed by atoms with Crippen LogP contribution in [0.4, 0.5) is 0 Å². The second kappa shape index (κ2) is 6.19. The number of amides is 1. The number of aromatic carboxylic acids is 1. The SMILES string of the molecule is CN(CC1(O)CCOCC1)C(=O)c1ccnc(C(=O)O)c1. The summed E-state index contributed by atoms with van der Waals surface area (Å²) >= 11 is 0. The summed E-state index contributed by atoms with van der Waals surface area (Å²) in [6.45, 7) is 1.12. The van der Waals surface area contributed by atoms with Gasteiger partial charge in [-0.2, -0.15) is 0 Å². The van der Waals surface area contributed by atoms with Crippen LogP contribution in [0.2, 0.25) is 0 Å². The van der Waals surface area contributed by atoms with Crippen molar-refractivity contribution in [3.63, 3.8) is 0 Å². The van der Waals surface area contributed by atoms with Crippen LogP contribution in [-0.2, 0) is 4.74 Å². The third-order valence-electron chi connectivity index (χ3n) is 3.53. The molecule has 1 aliphatic rings. The first-order valence-corrected chi connectivity index (χ1v) is 6.66. The van der Waals surface area contributed by atoms with Gasteiger partial charge in [0.15, 0.2) is 0 Å². The maximum Gasteiger partial charge on any atom is 0.354 e. The number of nitrogens with zero attached hydrogens (tertiary/aromatic N) is 2. The fourth-order valence-electron chi connectivity index (χ4n) is 2.32. The van der Waals surface area contributed by atoms with Crippen LogP contribution in [0.5, 0.6) is 0 Å². The molecule has 7 nitrogen and oxygen atoms in total. The molecular weight excluding hydrogens is 276 g/mol. The quantitative estimate of drug-likeness (QED) is 0.833. The Morgan fingerprint density at radius 1 is 1.43 bits per heavy atom. The van der Waals surface area contributed by atoms with E-state index in [1.54, 1.807) is 7.05 Å². The highest BCUT2D eigenvalue weighted by Crippen LogP contribution is 2.22. The lowest BCUT2D eigenvalue weighted by Crippen LogP contribution is -2.47.